The van der Waals surface area contributed by atoms with Gasteiger partial charge in [0.05, 0.1) is 6.54 Å². The molecule has 0 unspecified atom stereocenters. The number of aryl methyl sites for hydroxylation is 1. The van der Waals surface area contributed by atoms with Crippen molar-refractivity contribution in [3.05, 3.63) is 93.3 Å². The number of fused-ring (bicyclic) bond motifs is 2. The van der Waals surface area contributed by atoms with E-state index in [1.165, 1.54) is 27.9 Å². The summed E-state index contributed by atoms with van der Waals surface area (Å²) >= 11 is 0. The maximum atomic E-state index is 13.5. The molecule has 0 saturated heterocycles. The Labute approximate surface area is 166 Å². The standard InChI is InChI=1S/C22H20FN5O/c1-15-11-20-25-27(13-16-5-4-8-19(23)12-16)22(29)28(20)21(24-15)26-10-9-17-6-2-3-7-18(17)14-26/h2-8,11-12H,9-10,13-14H2,1H3. The molecule has 4 aromatic rings. The van der Waals surface area contributed by atoms with Crippen molar-refractivity contribution in [2.45, 2.75) is 26.4 Å². The summed E-state index contributed by atoms with van der Waals surface area (Å²) in [6, 6.07) is 16.4. The SMILES string of the molecule is Cc1cc2nn(Cc3cccc(F)c3)c(=O)n2c(N2CCc3ccccc3C2)n1. The molecule has 0 fully saturated rings. The Balaban J connectivity index is 1.58. The molecule has 0 aliphatic carbocycles. The topological polar surface area (TPSA) is 55.4 Å². The first kappa shape index (κ1) is 17.6. The summed E-state index contributed by atoms with van der Waals surface area (Å²) in [5, 5.41) is 4.48. The van der Waals surface area contributed by atoms with Gasteiger partial charge in [0.2, 0.25) is 5.95 Å². The Kier molecular flexibility index (Phi) is 4.16. The fourth-order valence-corrected chi connectivity index (χ4v) is 3.92. The number of hydrogen-bond donors (Lipinski definition) is 0. The minimum absolute atomic E-state index is 0.208. The first-order chi connectivity index (χ1) is 14.1. The monoisotopic (exact) mass is 389 g/mol. The summed E-state index contributed by atoms with van der Waals surface area (Å²) in [6.45, 7) is 3.59. The molecule has 0 atom stereocenters. The van der Waals surface area contributed by atoms with E-state index in [-0.39, 0.29) is 18.1 Å². The van der Waals surface area contributed by atoms with E-state index in [4.69, 9.17) is 0 Å². The minimum Gasteiger partial charge on any atom is -0.337 e. The van der Waals surface area contributed by atoms with E-state index < -0.39 is 0 Å². The van der Waals surface area contributed by atoms with Gasteiger partial charge in [0, 0.05) is 24.8 Å². The second-order valence-electron chi connectivity index (χ2n) is 7.40. The number of nitrogens with zero attached hydrogens (tertiary/aromatic N) is 5. The predicted molar refractivity (Wildman–Crippen MR) is 109 cm³/mol. The number of anilines is 1. The molecule has 1 aliphatic heterocycles. The highest BCUT2D eigenvalue weighted by Gasteiger charge is 2.22. The van der Waals surface area contributed by atoms with E-state index in [0.717, 1.165) is 18.7 Å². The molecule has 1 aliphatic rings. The van der Waals surface area contributed by atoms with Gasteiger partial charge in [-0.15, -0.1) is 5.10 Å². The van der Waals surface area contributed by atoms with Crippen LogP contribution in [0.4, 0.5) is 10.3 Å². The van der Waals surface area contributed by atoms with Crippen molar-refractivity contribution in [1.29, 1.82) is 0 Å². The molecule has 0 saturated carbocycles. The Bertz CT molecular complexity index is 1280. The Morgan fingerprint density at radius 3 is 2.72 bits per heavy atom. The van der Waals surface area contributed by atoms with Gasteiger partial charge in [-0.25, -0.2) is 23.3 Å². The maximum Gasteiger partial charge on any atom is 0.353 e. The van der Waals surface area contributed by atoms with Crippen LogP contribution < -0.4 is 10.6 Å². The molecule has 2 aromatic heterocycles. The van der Waals surface area contributed by atoms with Crippen LogP contribution in [0.2, 0.25) is 0 Å². The van der Waals surface area contributed by atoms with Crippen LogP contribution in [0, 0.1) is 12.7 Å². The van der Waals surface area contributed by atoms with Crippen molar-refractivity contribution in [1.82, 2.24) is 19.2 Å². The number of hydrogen-bond acceptors (Lipinski definition) is 4. The molecule has 6 nitrogen and oxygen atoms in total. The molecule has 5 rings (SSSR count). The molecule has 29 heavy (non-hydrogen) atoms. The zero-order valence-electron chi connectivity index (χ0n) is 16.0. The Morgan fingerprint density at radius 1 is 1.07 bits per heavy atom. The third-order valence-corrected chi connectivity index (χ3v) is 5.31. The van der Waals surface area contributed by atoms with Crippen LogP contribution >= 0.6 is 0 Å². The van der Waals surface area contributed by atoms with Gasteiger partial charge in [-0.1, -0.05) is 36.4 Å². The summed E-state index contributed by atoms with van der Waals surface area (Å²) in [6.07, 6.45) is 0.902. The lowest BCUT2D eigenvalue weighted by Crippen LogP contribution is -2.35. The summed E-state index contributed by atoms with van der Waals surface area (Å²) in [5.74, 6) is 0.273. The third kappa shape index (κ3) is 3.18. The van der Waals surface area contributed by atoms with E-state index in [2.05, 4.69) is 33.2 Å². The normalized spacial score (nSPS) is 13.7. The smallest absolute Gasteiger partial charge is 0.337 e. The van der Waals surface area contributed by atoms with Crippen molar-refractivity contribution in [2.75, 3.05) is 11.4 Å². The fraction of sp³-hybridized carbons (Fsp3) is 0.227. The highest BCUT2D eigenvalue weighted by molar-refractivity contribution is 5.49. The largest absolute Gasteiger partial charge is 0.353 e. The van der Waals surface area contributed by atoms with Crippen LogP contribution in [0.25, 0.3) is 5.65 Å². The molecule has 2 aromatic carbocycles. The molecule has 0 amide bonds. The van der Waals surface area contributed by atoms with E-state index in [0.29, 0.717) is 23.7 Å². The predicted octanol–water partition coefficient (Wildman–Crippen LogP) is 2.95. The number of aromatic nitrogens is 4. The lowest BCUT2D eigenvalue weighted by molar-refractivity contribution is 0.614. The second-order valence-corrected chi connectivity index (χ2v) is 7.40. The van der Waals surface area contributed by atoms with Gasteiger partial charge in [0.25, 0.3) is 0 Å². The summed E-state index contributed by atoms with van der Waals surface area (Å²) in [5.41, 5.74) is 4.35. The van der Waals surface area contributed by atoms with Crippen LogP contribution in [0.1, 0.15) is 22.4 Å². The molecular formula is C22H20FN5O. The van der Waals surface area contributed by atoms with E-state index >= 15 is 0 Å². The first-order valence-electron chi connectivity index (χ1n) is 9.62. The van der Waals surface area contributed by atoms with Gasteiger partial charge in [-0.2, -0.15) is 0 Å². The van der Waals surface area contributed by atoms with Gasteiger partial charge in [0.1, 0.15) is 5.82 Å². The van der Waals surface area contributed by atoms with E-state index in [1.807, 2.05) is 13.0 Å². The van der Waals surface area contributed by atoms with Crippen LogP contribution in [0.5, 0.6) is 0 Å². The van der Waals surface area contributed by atoms with Crippen LogP contribution in [-0.2, 0) is 19.5 Å². The van der Waals surface area contributed by atoms with E-state index in [9.17, 15) is 9.18 Å². The molecule has 3 heterocycles. The molecule has 0 radical (unpaired) electrons. The third-order valence-electron chi connectivity index (χ3n) is 5.31. The quantitative estimate of drug-likeness (QED) is 0.541. The zero-order chi connectivity index (χ0) is 20.0. The molecule has 0 N–H and O–H groups in total. The Morgan fingerprint density at radius 2 is 1.90 bits per heavy atom. The molecule has 0 spiro atoms. The van der Waals surface area contributed by atoms with Crippen LogP contribution in [0.3, 0.4) is 0 Å². The zero-order valence-corrected chi connectivity index (χ0v) is 16.0. The highest BCUT2D eigenvalue weighted by Crippen LogP contribution is 2.23. The molecule has 0 bridgehead atoms. The second kappa shape index (κ2) is 6.84. The summed E-state index contributed by atoms with van der Waals surface area (Å²) in [4.78, 5) is 19.9. The van der Waals surface area contributed by atoms with Crippen LogP contribution in [-0.4, -0.2) is 25.7 Å². The molecule has 7 heteroatoms. The number of benzene rings is 2. The summed E-state index contributed by atoms with van der Waals surface area (Å²) in [7, 11) is 0. The van der Waals surface area contributed by atoms with Gasteiger partial charge in [-0.3, -0.25) is 0 Å². The van der Waals surface area contributed by atoms with Gasteiger partial charge in [-0.05, 0) is 42.2 Å². The van der Waals surface area contributed by atoms with Crippen molar-refractivity contribution in [2.24, 2.45) is 0 Å². The van der Waals surface area contributed by atoms with Crippen molar-refractivity contribution < 1.29 is 4.39 Å². The average Bonchev–Trinajstić information content (AvgIpc) is 3.02. The van der Waals surface area contributed by atoms with Crippen molar-refractivity contribution in [3.8, 4) is 0 Å². The first-order valence-corrected chi connectivity index (χ1v) is 9.62. The van der Waals surface area contributed by atoms with Crippen molar-refractivity contribution >= 4 is 11.6 Å². The fourth-order valence-electron chi connectivity index (χ4n) is 3.92. The average molecular weight is 389 g/mol. The number of halogens is 1. The van der Waals surface area contributed by atoms with Crippen LogP contribution in [0.15, 0.2) is 59.4 Å². The Hall–Kier alpha value is -3.48. The lowest BCUT2D eigenvalue weighted by atomic mass is 10.0. The number of rotatable bonds is 3. The van der Waals surface area contributed by atoms with Gasteiger partial charge >= 0.3 is 5.69 Å². The van der Waals surface area contributed by atoms with Crippen molar-refractivity contribution in [3.63, 3.8) is 0 Å². The minimum atomic E-state index is -0.329. The molecule has 146 valence electrons. The lowest BCUT2D eigenvalue weighted by Gasteiger charge is -2.29. The van der Waals surface area contributed by atoms with Gasteiger partial charge in [0.15, 0.2) is 5.65 Å². The highest BCUT2D eigenvalue weighted by atomic mass is 19.1. The molecular weight excluding hydrogens is 369 g/mol. The van der Waals surface area contributed by atoms with Gasteiger partial charge < -0.3 is 4.90 Å². The maximum absolute atomic E-state index is 13.5. The summed E-state index contributed by atoms with van der Waals surface area (Å²) < 4.78 is 16.4. The van der Waals surface area contributed by atoms with E-state index in [1.54, 1.807) is 22.6 Å².